The molecule has 0 saturated carbocycles. The first-order valence-corrected chi connectivity index (χ1v) is 11.3. The molecular formula is C12H12N2O2Se2. The molecule has 4 nitrogen and oxygen atoms in total. The average Bonchev–Trinajstić information content (AvgIpc) is 2.30. The Morgan fingerprint density at radius 2 is 1.17 bits per heavy atom. The summed E-state index contributed by atoms with van der Waals surface area (Å²) >= 11 is 0.0632. The monoisotopic (exact) mass is 376 g/mol. The third kappa shape index (κ3) is 3.24. The van der Waals surface area contributed by atoms with Crippen LogP contribution in [0.25, 0.3) is 0 Å². The molecule has 0 aromatic carbocycles. The maximum absolute atomic E-state index is 11.7. The fraction of sp³-hybridized carbons (Fsp3) is 0.167. The van der Waals surface area contributed by atoms with Crippen molar-refractivity contribution in [3.8, 4) is 0 Å². The van der Waals surface area contributed by atoms with Crippen LogP contribution in [0.5, 0.6) is 0 Å². The summed E-state index contributed by atoms with van der Waals surface area (Å²) in [6.45, 7) is 3.78. The number of rotatable bonds is 3. The standard InChI is InChI=1S/C12H12N2O2Se2/c1-9-3-5-11(13(15)7-9)17-18-12-6-4-10(2)8-14(12)16/h3-8H,1-2H3. The van der Waals surface area contributed by atoms with Crippen LogP contribution in [0.3, 0.4) is 0 Å². The summed E-state index contributed by atoms with van der Waals surface area (Å²) in [7, 11) is 0. The Hall–Kier alpha value is -1.06. The number of hydrogen-bond donors (Lipinski definition) is 0. The Balaban J connectivity index is 2.11. The van der Waals surface area contributed by atoms with E-state index in [0.717, 1.165) is 29.8 Å². The molecule has 0 unspecified atom stereocenters. The Morgan fingerprint density at radius 3 is 1.50 bits per heavy atom. The normalized spacial score (nSPS) is 10.6. The van der Waals surface area contributed by atoms with E-state index in [1.54, 1.807) is 12.4 Å². The van der Waals surface area contributed by atoms with Crippen LogP contribution >= 0.6 is 0 Å². The van der Waals surface area contributed by atoms with Crippen LogP contribution < -0.4 is 18.6 Å². The summed E-state index contributed by atoms with van der Waals surface area (Å²) in [5.41, 5.74) is 1.90. The zero-order chi connectivity index (χ0) is 13.1. The van der Waals surface area contributed by atoms with Crippen LogP contribution in [0.15, 0.2) is 36.7 Å². The van der Waals surface area contributed by atoms with E-state index in [2.05, 4.69) is 0 Å². The summed E-state index contributed by atoms with van der Waals surface area (Å²) in [5.74, 6) is 0. The minimum absolute atomic E-state index is 0.0316. The van der Waals surface area contributed by atoms with E-state index in [0.29, 0.717) is 0 Å². The number of aryl methyl sites for hydroxylation is 2. The minimum atomic E-state index is 0.0316. The summed E-state index contributed by atoms with van der Waals surface area (Å²) in [6, 6.07) is 7.57. The fourth-order valence-corrected chi connectivity index (χ4v) is 7.43. The van der Waals surface area contributed by atoms with Crippen molar-refractivity contribution in [2.45, 2.75) is 13.8 Å². The molecule has 0 spiro atoms. The molecule has 2 rings (SSSR count). The number of pyridine rings is 2. The SMILES string of the molecule is Cc1ccc([Se][Se]c2ccc(C)c[n+]2[O-])[n+]([O-])c1. The molecule has 0 aliphatic carbocycles. The van der Waals surface area contributed by atoms with Gasteiger partial charge in [0, 0.05) is 0 Å². The average molecular weight is 374 g/mol. The molecular weight excluding hydrogens is 362 g/mol. The quantitative estimate of drug-likeness (QED) is 0.387. The van der Waals surface area contributed by atoms with Crippen molar-refractivity contribution in [2.24, 2.45) is 0 Å². The molecule has 0 radical (unpaired) electrons. The first-order chi connectivity index (χ1) is 8.56. The van der Waals surface area contributed by atoms with E-state index in [-0.39, 0.29) is 26.3 Å². The molecule has 0 saturated heterocycles. The predicted octanol–water partition coefficient (Wildman–Crippen LogP) is -1.16. The molecule has 94 valence electrons. The fourth-order valence-electron chi connectivity index (χ4n) is 1.35. The second kappa shape index (κ2) is 5.72. The predicted molar refractivity (Wildman–Crippen MR) is 71.1 cm³/mol. The topological polar surface area (TPSA) is 53.9 Å². The zero-order valence-corrected chi connectivity index (χ0v) is 13.4. The molecule has 0 N–H and O–H groups in total. The van der Waals surface area contributed by atoms with Crippen molar-refractivity contribution in [3.63, 3.8) is 0 Å². The van der Waals surface area contributed by atoms with Crippen molar-refractivity contribution in [1.82, 2.24) is 0 Å². The molecule has 2 aromatic heterocycles. The summed E-state index contributed by atoms with van der Waals surface area (Å²) in [4.78, 5) is 0. The summed E-state index contributed by atoms with van der Waals surface area (Å²) in [5, 5.41) is 23.3. The number of nitrogens with zero attached hydrogens (tertiary/aromatic N) is 2. The molecule has 6 heteroatoms. The van der Waals surface area contributed by atoms with E-state index in [1.165, 1.54) is 0 Å². The molecule has 0 amide bonds. The van der Waals surface area contributed by atoms with Gasteiger partial charge in [-0.3, -0.25) is 0 Å². The molecule has 2 heterocycles. The van der Waals surface area contributed by atoms with Gasteiger partial charge in [0.25, 0.3) is 0 Å². The van der Waals surface area contributed by atoms with Gasteiger partial charge in [0.15, 0.2) is 0 Å². The van der Waals surface area contributed by atoms with Gasteiger partial charge >= 0.3 is 117 Å². The molecule has 0 bridgehead atoms. The van der Waals surface area contributed by atoms with Gasteiger partial charge in [0.05, 0.1) is 0 Å². The van der Waals surface area contributed by atoms with Gasteiger partial charge in [-0.05, 0) is 0 Å². The Labute approximate surface area is 117 Å². The summed E-state index contributed by atoms with van der Waals surface area (Å²) < 4.78 is 3.38. The van der Waals surface area contributed by atoms with Crippen LogP contribution in [0, 0.1) is 24.3 Å². The van der Waals surface area contributed by atoms with E-state index in [4.69, 9.17) is 0 Å². The van der Waals surface area contributed by atoms with Crippen molar-refractivity contribution in [1.29, 1.82) is 0 Å². The van der Waals surface area contributed by atoms with Gasteiger partial charge in [0.2, 0.25) is 0 Å². The van der Waals surface area contributed by atoms with E-state index in [9.17, 15) is 10.4 Å². The van der Waals surface area contributed by atoms with E-state index >= 15 is 0 Å². The van der Waals surface area contributed by atoms with Gasteiger partial charge < -0.3 is 0 Å². The van der Waals surface area contributed by atoms with Gasteiger partial charge in [-0.1, -0.05) is 0 Å². The maximum atomic E-state index is 11.7. The second-order valence-corrected chi connectivity index (χ2v) is 10.00. The molecule has 2 aromatic rings. The van der Waals surface area contributed by atoms with Crippen LogP contribution in [0.2, 0.25) is 0 Å². The van der Waals surface area contributed by atoms with Crippen molar-refractivity contribution >= 4 is 35.4 Å². The zero-order valence-electron chi connectivity index (χ0n) is 9.99. The van der Waals surface area contributed by atoms with E-state index < -0.39 is 0 Å². The molecule has 0 aliphatic rings. The van der Waals surface area contributed by atoms with Gasteiger partial charge in [-0.15, -0.1) is 0 Å². The van der Waals surface area contributed by atoms with Gasteiger partial charge in [-0.25, -0.2) is 0 Å². The Bertz CT molecular complexity index is 524. The van der Waals surface area contributed by atoms with Crippen molar-refractivity contribution < 1.29 is 9.46 Å². The van der Waals surface area contributed by atoms with Gasteiger partial charge in [-0.2, -0.15) is 0 Å². The first-order valence-electron chi connectivity index (χ1n) is 5.30. The van der Waals surface area contributed by atoms with E-state index in [1.807, 2.05) is 38.1 Å². The Kier molecular flexibility index (Phi) is 4.25. The second-order valence-electron chi connectivity index (χ2n) is 3.91. The molecule has 0 aliphatic heterocycles. The van der Waals surface area contributed by atoms with Crippen molar-refractivity contribution in [3.05, 3.63) is 58.2 Å². The number of aromatic nitrogens is 2. The van der Waals surface area contributed by atoms with Gasteiger partial charge in [0.1, 0.15) is 0 Å². The third-order valence-electron chi connectivity index (χ3n) is 2.27. The molecule has 0 atom stereocenters. The molecule has 0 fully saturated rings. The van der Waals surface area contributed by atoms with Crippen LogP contribution in [0.4, 0.5) is 0 Å². The third-order valence-corrected chi connectivity index (χ3v) is 9.12. The molecule has 18 heavy (non-hydrogen) atoms. The van der Waals surface area contributed by atoms with Crippen LogP contribution in [-0.4, -0.2) is 26.3 Å². The number of hydrogen-bond acceptors (Lipinski definition) is 2. The Morgan fingerprint density at radius 1 is 0.778 bits per heavy atom. The van der Waals surface area contributed by atoms with Crippen LogP contribution in [0.1, 0.15) is 11.1 Å². The van der Waals surface area contributed by atoms with Crippen LogP contribution in [-0.2, 0) is 0 Å². The first kappa shape index (κ1) is 13.4. The van der Waals surface area contributed by atoms with Crippen molar-refractivity contribution in [2.75, 3.05) is 0 Å². The summed E-state index contributed by atoms with van der Waals surface area (Å²) in [6.07, 6.45) is 3.15.